The Morgan fingerprint density at radius 1 is 1.09 bits per heavy atom. The Labute approximate surface area is 197 Å². The van der Waals surface area contributed by atoms with Crippen molar-refractivity contribution in [1.82, 2.24) is 13.8 Å². The SMILES string of the molecule is Cc1ccc([N+](=O)[O-])cc1S(=O)(=O)N1CCN(C(=O)c2cc(C)n(Cc3ccco3)c2C)CC1. The van der Waals surface area contributed by atoms with Gasteiger partial charge in [-0.25, -0.2) is 8.42 Å². The highest BCUT2D eigenvalue weighted by Gasteiger charge is 2.33. The van der Waals surface area contributed by atoms with Gasteiger partial charge in [-0.05, 0) is 44.5 Å². The Kier molecular flexibility index (Phi) is 6.32. The van der Waals surface area contributed by atoms with Gasteiger partial charge in [-0.1, -0.05) is 6.07 Å². The molecule has 0 unspecified atom stereocenters. The van der Waals surface area contributed by atoms with Crippen LogP contribution in [0.15, 0.2) is 52.0 Å². The third-order valence-corrected chi connectivity index (χ3v) is 8.26. The second-order valence-electron chi connectivity index (χ2n) is 8.35. The standard InChI is InChI=1S/C23H26N4O6S/c1-16-6-7-19(27(29)30)14-22(16)34(31,32)25-10-8-24(9-11-25)23(28)21-13-17(2)26(18(21)3)15-20-5-4-12-33-20/h4-7,12-14H,8-11,15H2,1-3H3. The lowest BCUT2D eigenvalue weighted by atomic mass is 10.2. The first-order valence-electron chi connectivity index (χ1n) is 10.8. The van der Waals surface area contributed by atoms with Gasteiger partial charge in [-0.3, -0.25) is 14.9 Å². The fourth-order valence-corrected chi connectivity index (χ4v) is 5.91. The molecular formula is C23H26N4O6S. The molecule has 3 heterocycles. The number of aryl methyl sites for hydroxylation is 2. The molecule has 1 aliphatic heterocycles. The van der Waals surface area contributed by atoms with Crippen LogP contribution in [0.25, 0.3) is 0 Å². The number of hydrogen-bond donors (Lipinski definition) is 0. The van der Waals surface area contributed by atoms with E-state index in [9.17, 15) is 23.3 Å². The van der Waals surface area contributed by atoms with E-state index in [1.165, 1.54) is 16.4 Å². The van der Waals surface area contributed by atoms with Crippen molar-refractivity contribution in [2.45, 2.75) is 32.2 Å². The zero-order valence-corrected chi connectivity index (χ0v) is 20.0. The summed E-state index contributed by atoms with van der Waals surface area (Å²) >= 11 is 0. The number of rotatable bonds is 6. The fourth-order valence-electron chi connectivity index (χ4n) is 4.24. The minimum atomic E-state index is -3.93. The molecule has 0 radical (unpaired) electrons. The minimum absolute atomic E-state index is 0.0806. The fraction of sp³-hybridized carbons (Fsp3) is 0.348. The second kappa shape index (κ2) is 9.07. The first kappa shape index (κ1) is 23.7. The summed E-state index contributed by atoms with van der Waals surface area (Å²) in [5.74, 6) is 0.637. The van der Waals surface area contributed by atoms with Crippen LogP contribution in [0.4, 0.5) is 5.69 Å². The van der Waals surface area contributed by atoms with E-state index in [-0.39, 0.29) is 42.7 Å². The summed E-state index contributed by atoms with van der Waals surface area (Å²) < 4.78 is 35.1. The van der Waals surface area contributed by atoms with Crippen LogP contribution in [0.3, 0.4) is 0 Å². The smallest absolute Gasteiger partial charge is 0.270 e. The predicted octanol–water partition coefficient (Wildman–Crippen LogP) is 3.11. The molecular weight excluding hydrogens is 460 g/mol. The molecule has 1 saturated heterocycles. The van der Waals surface area contributed by atoms with E-state index in [1.54, 1.807) is 18.1 Å². The molecule has 2 aromatic heterocycles. The lowest BCUT2D eigenvalue weighted by Gasteiger charge is -2.34. The quantitative estimate of drug-likeness (QED) is 0.390. The topological polar surface area (TPSA) is 119 Å². The highest BCUT2D eigenvalue weighted by atomic mass is 32.2. The van der Waals surface area contributed by atoms with Gasteiger partial charge in [0.1, 0.15) is 5.76 Å². The van der Waals surface area contributed by atoms with Crippen LogP contribution in [0.1, 0.15) is 33.1 Å². The van der Waals surface area contributed by atoms with E-state index in [0.717, 1.165) is 23.2 Å². The minimum Gasteiger partial charge on any atom is -0.467 e. The molecule has 1 aromatic carbocycles. The highest BCUT2D eigenvalue weighted by Crippen LogP contribution is 2.26. The molecule has 3 aromatic rings. The Balaban J connectivity index is 1.49. The van der Waals surface area contributed by atoms with E-state index in [2.05, 4.69) is 0 Å². The summed E-state index contributed by atoms with van der Waals surface area (Å²) in [5, 5.41) is 11.1. The van der Waals surface area contributed by atoms with Gasteiger partial charge in [-0.2, -0.15) is 4.31 Å². The number of nitro groups is 1. The number of non-ortho nitro benzene ring substituents is 1. The van der Waals surface area contributed by atoms with Crippen molar-refractivity contribution in [3.8, 4) is 0 Å². The Morgan fingerprint density at radius 3 is 2.41 bits per heavy atom. The summed E-state index contributed by atoms with van der Waals surface area (Å²) in [7, 11) is -3.93. The van der Waals surface area contributed by atoms with Crippen LogP contribution in [-0.2, 0) is 16.6 Å². The first-order chi connectivity index (χ1) is 16.1. The van der Waals surface area contributed by atoms with Gasteiger partial charge in [0.25, 0.3) is 11.6 Å². The molecule has 0 aliphatic carbocycles. The molecule has 10 nitrogen and oxygen atoms in total. The maximum Gasteiger partial charge on any atom is 0.270 e. The van der Waals surface area contributed by atoms with Gasteiger partial charge >= 0.3 is 0 Å². The molecule has 0 spiro atoms. The third kappa shape index (κ3) is 4.36. The van der Waals surface area contributed by atoms with Crippen LogP contribution in [0, 0.1) is 30.9 Å². The van der Waals surface area contributed by atoms with Crippen molar-refractivity contribution in [3.05, 3.63) is 81.1 Å². The van der Waals surface area contributed by atoms with Crippen LogP contribution < -0.4 is 0 Å². The number of furan rings is 1. The number of aromatic nitrogens is 1. The maximum absolute atomic E-state index is 13.2. The van der Waals surface area contributed by atoms with E-state index >= 15 is 0 Å². The summed E-state index contributed by atoms with van der Waals surface area (Å²) in [6.07, 6.45) is 1.61. The molecule has 0 N–H and O–H groups in total. The molecule has 1 aliphatic rings. The first-order valence-corrected chi connectivity index (χ1v) is 12.3. The van der Waals surface area contributed by atoms with E-state index in [1.807, 2.05) is 36.6 Å². The Hall–Kier alpha value is -3.44. The number of nitro benzene ring substituents is 1. The van der Waals surface area contributed by atoms with Gasteiger partial charge in [0.05, 0.1) is 28.2 Å². The van der Waals surface area contributed by atoms with E-state index < -0.39 is 14.9 Å². The number of nitrogens with zero attached hydrogens (tertiary/aromatic N) is 4. The lowest BCUT2D eigenvalue weighted by molar-refractivity contribution is -0.385. The monoisotopic (exact) mass is 486 g/mol. The van der Waals surface area contributed by atoms with E-state index in [4.69, 9.17) is 4.42 Å². The molecule has 0 saturated carbocycles. The highest BCUT2D eigenvalue weighted by molar-refractivity contribution is 7.89. The van der Waals surface area contributed by atoms with Crippen LogP contribution in [0.2, 0.25) is 0 Å². The van der Waals surface area contributed by atoms with Gasteiger partial charge in [0.15, 0.2) is 0 Å². The van der Waals surface area contributed by atoms with Crippen molar-refractivity contribution in [2.75, 3.05) is 26.2 Å². The number of benzene rings is 1. The molecule has 1 amide bonds. The molecule has 34 heavy (non-hydrogen) atoms. The molecule has 0 atom stereocenters. The van der Waals surface area contributed by atoms with Crippen molar-refractivity contribution in [2.24, 2.45) is 0 Å². The second-order valence-corrected chi connectivity index (χ2v) is 10.3. The Bertz CT molecular complexity index is 1340. The van der Waals surface area contributed by atoms with E-state index in [0.29, 0.717) is 17.7 Å². The number of piperazine rings is 1. The molecule has 0 bridgehead atoms. The number of carbonyl (C=O) groups excluding carboxylic acids is 1. The molecule has 11 heteroatoms. The van der Waals surface area contributed by atoms with Crippen molar-refractivity contribution in [1.29, 1.82) is 0 Å². The summed E-state index contributed by atoms with van der Waals surface area (Å²) in [5.41, 5.74) is 2.49. The van der Waals surface area contributed by atoms with Crippen molar-refractivity contribution < 1.29 is 22.6 Å². The lowest BCUT2D eigenvalue weighted by Crippen LogP contribution is -2.50. The maximum atomic E-state index is 13.2. The molecule has 1 fully saturated rings. The third-order valence-electron chi connectivity index (χ3n) is 6.22. The molecule has 180 valence electrons. The number of hydrogen-bond acceptors (Lipinski definition) is 6. The largest absolute Gasteiger partial charge is 0.467 e. The van der Waals surface area contributed by atoms with Crippen molar-refractivity contribution >= 4 is 21.6 Å². The van der Waals surface area contributed by atoms with Gasteiger partial charge in [-0.15, -0.1) is 0 Å². The van der Waals surface area contributed by atoms with Gasteiger partial charge < -0.3 is 13.9 Å². The van der Waals surface area contributed by atoms with Gasteiger partial charge in [0.2, 0.25) is 10.0 Å². The summed E-state index contributed by atoms with van der Waals surface area (Å²) in [6.45, 7) is 6.62. The normalized spacial score (nSPS) is 15.0. The average Bonchev–Trinajstić information content (AvgIpc) is 3.42. The predicted molar refractivity (Wildman–Crippen MR) is 124 cm³/mol. The zero-order valence-electron chi connectivity index (χ0n) is 19.2. The van der Waals surface area contributed by atoms with Crippen LogP contribution in [-0.4, -0.2) is 59.2 Å². The van der Waals surface area contributed by atoms with Crippen LogP contribution in [0.5, 0.6) is 0 Å². The van der Waals surface area contributed by atoms with Crippen LogP contribution >= 0.6 is 0 Å². The number of carbonyl (C=O) groups is 1. The number of sulfonamides is 1. The average molecular weight is 487 g/mol. The Morgan fingerprint density at radius 2 is 1.79 bits per heavy atom. The molecule has 4 rings (SSSR count). The van der Waals surface area contributed by atoms with Gasteiger partial charge in [0, 0.05) is 49.7 Å². The van der Waals surface area contributed by atoms with Crippen molar-refractivity contribution in [3.63, 3.8) is 0 Å². The zero-order chi connectivity index (χ0) is 24.6. The summed E-state index contributed by atoms with van der Waals surface area (Å²) in [6, 6.07) is 9.35. The summed E-state index contributed by atoms with van der Waals surface area (Å²) in [4.78, 5) is 25.3. The number of amides is 1.